The van der Waals surface area contributed by atoms with Crippen molar-refractivity contribution in [3.8, 4) is 0 Å². The van der Waals surface area contributed by atoms with Crippen LogP contribution < -0.4 is 4.90 Å². The molecule has 2 heterocycles. The molecule has 2 aromatic carbocycles. The van der Waals surface area contributed by atoms with Crippen molar-refractivity contribution >= 4 is 23.4 Å². The zero-order chi connectivity index (χ0) is 18.4. The molecule has 0 radical (unpaired) electrons. The van der Waals surface area contributed by atoms with Gasteiger partial charge in [-0.05, 0) is 49.9 Å². The third kappa shape index (κ3) is 2.35. The number of imide groups is 1. The van der Waals surface area contributed by atoms with Crippen molar-refractivity contribution in [1.29, 1.82) is 0 Å². The van der Waals surface area contributed by atoms with E-state index in [1.165, 1.54) is 0 Å². The first-order valence-electron chi connectivity index (χ1n) is 8.87. The summed E-state index contributed by atoms with van der Waals surface area (Å²) in [6.07, 6.45) is 1.80. The first-order chi connectivity index (χ1) is 12.5. The number of benzene rings is 2. The maximum absolute atomic E-state index is 13.2. The highest BCUT2D eigenvalue weighted by atomic mass is 16.2. The van der Waals surface area contributed by atoms with E-state index < -0.39 is 17.9 Å². The van der Waals surface area contributed by atoms with Gasteiger partial charge in [0.2, 0.25) is 5.91 Å². The first kappa shape index (κ1) is 16.5. The van der Waals surface area contributed by atoms with Crippen molar-refractivity contribution in [1.82, 2.24) is 4.90 Å². The summed E-state index contributed by atoms with van der Waals surface area (Å²) >= 11 is 0. The van der Waals surface area contributed by atoms with Crippen molar-refractivity contribution in [3.05, 3.63) is 64.7 Å². The van der Waals surface area contributed by atoms with E-state index in [1.807, 2.05) is 25.1 Å². The molecule has 0 spiro atoms. The molecule has 0 fully saturated rings. The monoisotopic (exact) mass is 348 g/mol. The fourth-order valence-electron chi connectivity index (χ4n) is 3.96. The van der Waals surface area contributed by atoms with Crippen LogP contribution in [0.5, 0.6) is 0 Å². The van der Waals surface area contributed by atoms with E-state index in [0.717, 1.165) is 34.6 Å². The van der Waals surface area contributed by atoms with Gasteiger partial charge in [0.15, 0.2) is 0 Å². The van der Waals surface area contributed by atoms with E-state index in [1.54, 1.807) is 36.1 Å². The molecule has 1 unspecified atom stereocenters. The molecular formula is C21H20N2O3. The molecule has 5 nitrogen and oxygen atoms in total. The number of fused-ring (bicyclic) bond motifs is 2. The van der Waals surface area contributed by atoms with Crippen LogP contribution in [0.15, 0.2) is 42.5 Å². The van der Waals surface area contributed by atoms with Gasteiger partial charge in [-0.25, -0.2) is 0 Å². The summed E-state index contributed by atoms with van der Waals surface area (Å²) in [4.78, 5) is 41.4. The highest BCUT2D eigenvalue weighted by molar-refractivity contribution is 6.23. The molecule has 3 amide bonds. The lowest BCUT2D eigenvalue weighted by molar-refractivity contribution is -0.122. The predicted octanol–water partition coefficient (Wildman–Crippen LogP) is 2.96. The van der Waals surface area contributed by atoms with Crippen LogP contribution >= 0.6 is 0 Å². The second-order valence-electron chi connectivity index (χ2n) is 6.88. The van der Waals surface area contributed by atoms with Crippen molar-refractivity contribution in [2.24, 2.45) is 0 Å². The molecule has 2 aliphatic rings. The minimum atomic E-state index is -0.840. The number of carbonyl (C=O) groups excluding carboxylic acids is 3. The van der Waals surface area contributed by atoms with E-state index in [-0.39, 0.29) is 5.91 Å². The standard InChI is InChI=1S/C21H20N2O3/c1-13-7-5-8-15-9-6-12-22(18(13)15)19(24)14(2)23-20(25)16-10-3-4-11-17(16)21(23)26/h3-5,7-8,10-11,14H,6,9,12H2,1-2H3. The lowest BCUT2D eigenvalue weighted by Gasteiger charge is -2.34. The van der Waals surface area contributed by atoms with Crippen molar-refractivity contribution in [2.45, 2.75) is 32.7 Å². The summed E-state index contributed by atoms with van der Waals surface area (Å²) in [5.74, 6) is -1.00. The largest absolute Gasteiger partial charge is 0.310 e. The van der Waals surface area contributed by atoms with Gasteiger partial charge in [0.1, 0.15) is 6.04 Å². The Labute approximate surface area is 152 Å². The summed E-state index contributed by atoms with van der Waals surface area (Å²) < 4.78 is 0. The summed E-state index contributed by atoms with van der Waals surface area (Å²) in [5, 5.41) is 0. The van der Waals surface area contributed by atoms with Crippen LogP contribution in [-0.4, -0.2) is 35.2 Å². The topological polar surface area (TPSA) is 57.7 Å². The average molecular weight is 348 g/mol. The number of hydrogen-bond acceptors (Lipinski definition) is 3. The van der Waals surface area contributed by atoms with Gasteiger partial charge in [-0.3, -0.25) is 19.3 Å². The molecule has 0 aromatic heterocycles. The van der Waals surface area contributed by atoms with Crippen LogP contribution in [0.1, 0.15) is 45.2 Å². The molecule has 2 aliphatic heterocycles. The number of anilines is 1. The minimum Gasteiger partial charge on any atom is -0.310 e. The van der Waals surface area contributed by atoms with Crippen LogP contribution in [0.4, 0.5) is 5.69 Å². The number of hydrogen-bond donors (Lipinski definition) is 0. The molecule has 5 heteroatoms. The maximum atomic E-state index is 13.2. The van der Waals surface area contributed by atoms with Gasteiger partial charge in [-0.2, -0.15) is 0 Å². The maximum Gasteiger partial charge on any atom is 0.262 e. The van der Waals surface area contributed by atoms with Gasteiger partial charge < -0.3 is 4.90 Å². The van der Waals surface area contributed by atoms with Crippen LogP contribution in [0.2, 0.25) is 0 Å². The van der Waals surface area contributed by atoms with E-state index in [9.17, 15) is 14.4 Å². The number of para-hydroxylation sites is 1. The molecule has 26 heavy (non-hydrogen) atoms. The molecule has 132 valence electrons. The van der Waals surface area contributed by atoms with Crippen molar-refractivity contribution in [3.63, 3.8) is 0 Å². The lowest BCUT2D eigenvalue weighted by Crippen LogP contribution is -2.51. The number of nitrogens with zero attached hydrogens (tertiary/aromatic N) is 2. The quantitative estimate of drug-likeness (QED) is 0.784. The first-order valence-corrected chi connectivity index (χ1v) is 8.87. The molecule has 0 aliphatic carbocycles. The third-order valence-corrected chi connectivity index (χ3v) is 5.26. The van der Waals surface area contributed by atoms with Gasteiger partial charge >= 0.3 is 0 Å². The van der Waals surface area contributed by atoms with Gasteiger partial charge in [0.05, 0.1) is 11.1 Å². The summed E-state index contributed by atoms with van der Waals surface area (Å²) in [5.41, 5.74) is 3.83. The van der Waals surface area contributed by atoms with E-state index in [0.29, 0.717) is 17.7 Å². The highest BCUT2D eigenvalue weighted by Crippen LogP contribution is 2.32. The fourth-order valence-corrected chi connectivity index (χ4v) is 3.96. The molecule has 4 rings (SSSR count). The zero-order valence-corrected chi connectivity index (χ0v) is 14.9. The molecule has 0 bridgehead atoms. The number of aryl methyl sites for hydroxylation is 2. The average Bonchev–Trinajstić information content (AvgIpc) is 2.91. The van der Waals surface area contributed by atoms with Crippen LogP contribution in [-0.2, 0) is 11.2 Å². The summed E-state index contributed by atoms with van der Waals surface area (Å²) in [7, 11) is 0. The molecule has 2 aromatic rings. The van der Waals surface area contributed by atoms with E-state index >= 15 is 0 Å². The number of rotatable bonds is 2. The van der Waals surface area contributed by atoms with Gasteiger partial charge in [-0.1, -0.05) is 30.3 Å². The van der Waals surface area contributed by atoms with Crippen LogP contribution in [0.3, 0.4) is 0 Å². The lowest BCUT2D eigenvalue weighted by atomic mass is 9.97. The Morgan fingerprint density at radius 3 is 2.31 bits per heavy atom. The van der Waals surface area contributed by atoms with Gasteiger partial charge in [0.25, 0.3) is 11.8 Å². The Balaban J connectivity index is 1.67. The normalized spacial score (nSPS) is 17.2. The fraction of sp³-hybridized carbons (Fsp3) is 0.286. The molecule has 0 N–H and O–H groups in total. The van der Waals surface area contributed by atoms with E-state index in [2.05, 4.69) is 0 Å². The second-order valence-corrected chi connectivity index (χ2v) is 6.88. The Kier molecular flexibility index (Phi) is 3.87. The Hall–Kier alpha value is -2.95. The predicted molar refractivity (Wildman–Crippen MR) is 98.3 cm³/mol. The Morgan fingerprint density at radius 1 is 1.00 bits per heavy atom. The molecule has 1 atom stereocenters. The zero-order valence-electron chi connectivity index (χ0n) is 14.9. The van der Waals surface area contributed by atoms with Crippen molar-refractivity contribution in [2.75, 3.05) is 11.4 Å². The highest BCUT2D eigenvalue weighted by Gasteiger charge is 2.42. The number of carbonyl (C=O) groups is 3. The van der Waals surface area contributed by atoms with Gasteiger partial charge in [-0.15, -0.1) is 0 Å². The SMILES string of the molecule is Cc1cccc2c1N(C(=O)C(C)N1C(=O)c3ccccc3C1=O)CCC2. The van der Waals surface area contributed by atoms with Crippen LogP contribution in [0, 0.1) is 6.92 Å². The molecular weight excluding hydrogens is 328 g/mol. The Morgan fingerprint density at radius 2 is 1.65 bits per heavy atom. The van der Waals surface area contributed by atoms with Crippen LogP contribution in [0.25, 0.3) is 0 Å². The minimum absolute atomic E-state index is 0.213. The number of amides is 3. The Bertz CT molecular complexity index is 900. The van der Waals surface area contributed by atoms with Crippen molar-refractivity contribution < 1.29 is 14.4 Å². The van der Waals surface area contributed by atoms with E-state index in [4.69, 9.17) is 0 Å². The molecule has 0 saturated carbocycles. The third-order valence-electron chi connectivity index (χ3n) is 5.26. The summed E-state index contributed by atoms with van der Waals surface area (Å²) in [6, 6.07) is 11.9. The molecule has 0 saturated heterocycles. The summed E-state index contributed by atoms with van der Waals surface area (Å²) in [6.45, 7) is 4.22. The van der Waals surface area contributed by atoms with Gasteiger partial charge in [0, 0.05) is 12.2 Å². The smallest absolute Gasteiger partial charge is 0.262 e. The second kappa shape index (κ2) is 6.09.